The summed E-state index contributed by atoms with van der Waals surface area (Å²) in [7, 11) is 1.97. The van der Waals surface area contributed by atoms with E-state index in [1.54, 1.807) is 0 Å². The number of guanidine groups is 1. The van der Waals surface area contributed by atoms with Crippen LogP contribution in [0, 0.1) is 0 Å². The molecule has 3 rings (SSSR count). The third-order valence-corrected chi connectivity index (χ3v) is 3.92. The van der Waals surface area contributed by atoms with Crippen molar-refractivity contribution in [2.75, 3.05) is 6.54 Å². The van der Waals surface area contributed by atoms with Crippen molar-refractivity contribution in [1.29, 1.82) is 0 Å². The molecule has 1 aromatic carbocycles. The van der Waals surface area contributed by atoms with E-state index < -0.39 is 0 Å². The zero-order chi connectivity index (χ0) is 13.9. The number of fused-ring (bicyclic) bond motifs is 1. The maximum absolute atomic E-state index is 5.88. The minimum Gasteiger partial charge on any atom is -0.370 e. The summed E-state index contributed by atoms with van der Waals surface area (Å²) in [6.45, 7) is 0.673. The molecule has 0 atom stereocenters. The molecule has 1 heterocycles. The zero-order valence-corrected chi connectivity index (χ0v) is 11.8. The predicted octanol–water partition coefficient (Wildman–Crippen LogP) is 1.57. The van der Waals surface area contributed by atoms with Crippen molar-refractivity contribution in [3.63, 3.8) is 0 Å². The highest BCUT2D eigenvalue weighted by Gasteiger charge is 2.17. The normalized spacial score (nSPS) is 16.4. The van der Waals surface area contributed by atoms with E-state index in [1.165, 1.54) is 24.6 Å². The van der Waals surface area contributed by atoms with Crippen LogP contribution in [0.1, 0.15) is 25.0 Å². The van der Waals surface area contributed by atoms with Crippen LogP contribution in [0.2, 0.25) is 0 Å². The van der Waals surface area contributed by atoms with Crippen LogP contribution in [0.5, 0.6) is 0 Å². The van der Waals surface area contributed by atoms with E-state index in [-0.39, 0.29) is 0 Å². The molecule has 1 aromatic heterocycles. The first-order valence-electron chi connectivity index (χ1n) is 7.21. The van der Waals surface area contributed by atoms with Gasteiger partial charge >= 0.3 is 0 Å². The molecule has 5 nitrogen and oxygen atoms in total. The van der Waals surface area contributed by atoms with Gasteiger partial charge in [-0.2, -0.15) is 5.10 Å². The molecule has 1 aliphatic rings. The van der Waals surface area contributed by atoms with Crippen LogP contribution in [-0.2, 0) is 13.5 Å². The van der Waals surface area contributed by atoms with E-state index >= 15 is 0 Å². The molecule has 1 fully saturated rings. The van der Waals surface area contributed by atoms with Gasteiger partial charge in [0.15, 0.2) is 5.96 Å². The summed E-state index contributed by atoms with van der Waals surface area (Å²) >= 11 is 0. The average molecular weight is 271 g/mol. The molecule has 5 heteroatoms. The summed E-state index contributed by atoms with van der Waals surface area (Å²) in [5, 5.41) is 9.01. The third-order valence-electron chi connectivity index (χ3n) is 3.92. The Kier molecular flexibility index (Phi) is 3.58. The molecule has 0 bridgehead atoms. The van der Waals surface area contributed by atoms with Crippen molar-refractivity contribution in [3.8, 4) is 0 Å². The smallest absolute Gasteiger partial charge is 0.188 e. The SMILES string of the molecule is Cn1nc(CCN=C(N)NC2CCC2)c2ccccc21. The number of benzene rings is 1. The number of nitrogens with zero attached hydrogens (tertiary/aromatic N) is 3. The van der Waals surface area contributed by atoms with Gasteiger partial charge < -0.3 is 11.1 Å². The number of aryl methyl sites for hydroxylation is 1. The van der Waals surface area contributed by atoms with Crippen molar-refractivity contribution >= 4 is 16.9 Å². The first-order valence-corrected chi connectivity index (χ1v) is 7.21. The molecule has 0 radical (unpaired) electrons. The lowest BCUT2D eigenvalue weighted by molar-refractivity contribution is 0.382. The Balaban J connectivity index is 1.63. The van der Waals surface area contributed by atoms with E-state index in [9.17, 15) is 0 Å². The van der Waals surface area contributed by atoms with Gasteiger partial charge in [-0.15, -0.1) is 0 Å². The summed E-state index contributed by atoms with van der Waals surface area (Å²) in [6, 6.07) is 8.81. The summed E-state index contributed by atoms with van der Waals surface area (Å²) in [5.41, 5.74) is 8.13. The first kappa shape index (κ1) is 13.0. The molecular weight excluding hydrogens is 250 g/mol. The Bertz CT molecular complexity index is 624. The van der Waals surface area contributed by atoms with Gasteiger partial charge in [0, 0.05) is 31.4 Å². The Labute approximate surface area is 118 Å². The van der Waals surface area contributed by atoms with Crippen LogP contribution in [0.4, 0.5) is 0 Å². The van der Waals surface area contributed by atoms with Crippen LogP contribution in [0.25, 0.3) is 10.9 Å². The standard InChI is InChI=1S/C15H21N5/c1-20-14-8-3-2-7-12(14)13(19-20)9-10-17-15(16)18-11-5-4-6-11/h2-3,7-8,11H,4-6,9-10H2,1H3,(H3,16,17,18). The molecule has 0 spiro atoms. The Morgan fingerprint density at radius 2 is 2.25 bits per heavy atom. The van der Waals surface area contributed by atoms with Crippen LogP contribution < -0.4 is 11.1 Å². The van der Waals surface area contributed by atoms with Crippen molar-refractivity contribution in [1.82, 2.24) is 15.1 Å². The Hall–Kier alpha value is -2.04. The Morgan fingerprint density at radius 3 is 3.00 bits per heavy atom. The van der Waals surface area contributed by atoms with Crippen molar-refractivity contribution in [2.45, 2.75) is 31.7 Å². The van der Waals surface area contributed by atoms with Crippen LogP contribution in [0.15, 0.2) is 29.3 Å². The maximum Gasteiger partial charge on any atom is 0.188 e. The van der Waals surface area contributed by atoms with Gasteiger partial charge in [-0.3, -0.25) is 9.67 Å². The quantitative estimate of drug-likeness (QED) is 0.655. The molecule has 0 aliphatic heterocycles. The van der Waals surface area contributed by atoms with Gasteiger partial charge in [-0.1, -0.05) is 18.2 Å². The highest BCUT2D eigenvalue weighted by molar-refractivity contribution is 5.82. The van der Waals surface area contributed by atoms with Crippen molar-refractivity contribution < 1.29 is 0 Å². The first-order chi connectivity index (χ1) is 9.74. The molecule has 0 amide bonds. The molecule has 1 saturated carbocycles. The summed E-state index contributed by atoms with van der Waals surface area (Å²) in [6.07, 6.45) is 4.53. The lowest BCUT2D eigenvalue weighted by atomic mass is 9.93. The second kappa shape index (κ2) is 5.53. The number of aromatic nitrogens is 2. The van der Waals surface area contributed by atoms with E-state index in [4.69, 9.17) is 5.73 Å². The fourth-order valence-electron chi connectivity index (χ4n) is 2.56. The molecule has 3 N–H and O–H groups in total. The number of hydrogen-bond acceptors (Lipinski definition) is 2. The lowest BCUT2D eigenvalue weighted by Crippen LogP contribution is -2.43. The molecule has 1 aliphatic carbocycles. The van der Waals surface area contributed by atoms with Crippen LogP contribution in [-0.4, -0.2) is 28.3 Å². The van der Waals surface area contributed by atoms with Crippen molar-refractivity contribution in [3.05, 3.63) is 30.0 Å². The van der Waals surface area contributed by atoms with Gasteiger partial charge in [-0.25, -0.2) is 0 Å². The number of aliphatic imine (C=N–C) groups is 1. The van der Waals surface area contributed by atoms with Crippen molar-refractivity contribution in [2.24, 2.45) is 17.8 Å². The lowest BCUT2D eigenvalue weighted by Gasteiger charge is -2.26. The number of nitrogens with one attached hydrogen (secondary N) is 1. The number of hydrogen-bond donors (Lipinski definition) is 2. The van der Waals surface area contributed by atoms with Gasteiger partial charge in [-0.05, 0) is 25.3 Å². The van der Waals surface area contributed by atoms with Gasteiger partial charge in [0.05, 0.1) is 11.2 Å². The summed E-state index contributed by atoms with van der Waals surface area (Å²) in [4.78, 5) is 4.39. The highest BCUT2D eigenvalue weighted by Crippen LogP contribution is 2.18. The largest absolute Gasteiger partial charge is 0.370 e. The van der Waals surface area contributed by atoms with Crippen LogP contribution in [0.3, 0.4) is 0 Å². The monoisotopic (exact) mass is 271 g/mol. The average Bonchev–Trinajstić information content (AvgIpc) is 2.72. The number of para-hydroxylation sites is 1. The van der Waals surface area contributed by atoms with E-state index in [0.717, 1.165) is 17.6 Å². The van der Waals surface area contributed by atoms with E-state index in [2.05, 4.69) is 27.5 Å². The molecule has 20 heavy (non-hydrogen) atoms. The maximum atomic E-state index is 5.88. The number of rotatable bonds is 4. The van der Waals surface area contributed by atoms with E-state index in [0.29, 0.717) is 18.5 Å². The predicted molar refractivity (Wildman–Crippen MR) is 81.7 cm³/mol. The van der Waals surface area contributed by atoms with Gasteiger partial charge in [0.25, 0.3) is 0 Å². The fourth-order valence-corrected chi connectivity index (χ4v) is 2.56. The topological polar surface area (TPSA) is 68.2 Å². The molecule has 106 valence electrons. The second-order valence-electron chi connectivity index (χ2n) is 5.38. The second-order valence-corrected chi connectivity index (χ2v) is 5.38. The van der Waals surface area contributed by atoms with Gasteiger partial charge in [0.2, 0.25) is 0 Å². The molecular formula is C15H21N5. The Morgan fingerprint density at radius 1 is 1.45 bits per heavy atom. The molecule has 2 aromatic rings. The number of nitrogens with two attached hydrogens (primary N) is 1. The summed E-state index contributed by atoms with van der Waals surface area (Å²) in [5.74, 6) is 0.565. The molecule has 0 saturated heterocycles. The van der Waals surface area contributed by atoms with Gasteiger partial charge in [0.1, 0.15) is 0 Å². The zero-order valence-electron chi connectivity index (χ0n) is 11.8. The van der Waals surface area contributed by atoms with Crippen LogP contribution >= 0.6 is 0 Å². The highest BCUT2D eigenvalue weighted by atomic mass is 15.3. The summed E-state index contributed by atoms with van der Waals surface area (Å²) < 4.78 is 1.92. The minimum absolute atomic E-state index is 0.537. The fraction of sp³-hybridized carbons (Fsp3) is 0.467. The van der Waals surface area contributed by atoms with E-state index in [1.807, 2.05) is 23.9 Å². The molecule has 0 unspecified atom stereocenters. The minimum atomic E-state index is 0.537. The third kappa shape index (κ3) is 2.61.